The number of halogens is 3. The maximum absolute atomic E-state index is 12.5. The molecule has 3 N–H and O–H groups in total. The fourth-order valence-electron chi connectivity index (χ4n) is 1.75. The summed E-state index contributed by atoms with van der Waals surface area (Å²) >= 11 is 0. The summed E-state index contributed by atoms with van der Waals surface area (Å²) in [6.07, 6.45) is -4.46. The Kier molecular flexibility index (Phi) is 3.93. The summed E-state index contributed by atoms with van der Waals surface area (Å²) < 4.78 is 37.6. The highest BCUT2D eigenvalue weighted by Crippen LogP contribution is 2.30. The fraction of sp³-hybridized carbons (Fsp3) is 0.333. The number of nitrogens with one attached hydrogen (secondary N) is 3. The van der Waals surface area contributed by atoms with Crippen LogP contribution in [0.25, 0.3) is 0 Å². The third kappa shape index (κ3) is 3.47. The molecule has 1 saturated heterocycles. The maximum Gasteiger partial charge on any atom is 0.416 e. The second kappa shape index (κ2) is 5.49. The van der Waals surface area contributed by atoms with E-state index >= 15 is 0 Å². The summed E-state index contributed by atoms with van der Waals surface area (Å²) in [5, 5.41) is 7.57. The van der Waals surface area contributed by atoms with E-state index in [0.29, 0.717) is 0 Å². The van der Waals surface area contributed by atoms with Crippen LogP contribution in [0, 0.1) is 0 Å². The quantitative estimate of drug-likeness (QED) is 0.751. The van der Waals surface area contributed by atoms with Crippen LogP contribution in [0.1, 0.15) is 5.56 Å². The Morgan fingerprint density at radius 2 is 2.10 bits per heavy atom. The van der Waals surface area contributed by atoms with E-state index in [1.54, 1.807) is 0 Å². The van der Waals surface area contributed by atoms with Crippen molar-refractivity contribution in [3.05, 3.63) is 29.8 Å². The monoisotopic (exact) mass is 287 g/mol. The van der Waals surface area contributed by atoms with Crippen molar-refractivity contribution in [3.63, 3.8) is 0 Å². The third-order valence-corrected chi connectivity index (χ3v) is 2.79. The first kappa shape index (κ1) is 14.3. The van der Waals surface area contributed by atoms with Gasteiger partial charge in [0.25, 0.3) is 0 Å². The lowest BCUT2D eigenvalue weighted by Gasteiger charge is -2.23. The zero-order valence-corrected chi connectivity index (χ0v) is 10.3. The van der Waals surface area contributed by atoms with Crippen LogP contribution >= 0.6 is 0 Å². The Bertz CT molecular complexity index is 521. The number of carbonyl (C=O) groups excluding carboxylic acids is 2. The molecule has 0 saturated carbocycles. The van der Waals surface area contributed by atoms with E-state index in [-0.39, 0.29) is 24.7 Å². The second-order valence-electron chi connectivity index (χ2n) is 4.31. The van der Waals surface area contributed by atoms with Gasteiger partial charge < -0.3 is 10.6 Å². The normalized spacial score (nSPS) is 19.4. The van der Waals surface area contributed by atoms with Crippen LogP contribution in [0.4, 0.5) is 18.9 Å². The van der Waals surface area contributed by atoms with Crippen molar-refractivity contribution < 1.29 is 22.8 Å². The molecule has 0 radical (unpaired) electrons. The summed E-state index contributed by atoms with van der Waals surface area (Å²) in [5.74, 6) is -0.725. The molecule has 0 aliphatic carbocycles. The molecule has 0 aromatic heterocycles. The summed E-state index contributed by atoms with van der Waals surface area (Å²) in [6, 6.07) is 3.71. The predicted octanol–water partition coefficient (Wildman–Crippen LogP) is 0.732. The molecule has 2 amide bonds. The largest absolute Gasteiger partial charge is 0.416 e. The third-order valence-electron chi connectivity index (χ3n) is 2.79. The average molecular weight is 287 g/mol. The number of hydrogen-bond donors (Lipinski definition) is 3. The van der Waals surface area contributed by atoms with E-state index < -0.39 is 23.7 Å². The number of benzene rings is 1. The molecule has 1 aliphatic rings. The van der Waals surface area contributed by atoms with Gasteiger partial charge in [-0.3, -0.25) is 14.9 Å². The van der Waals surface area contributed by atoms with E-state index in [1.165, 1.54) is 12.1 Å². The van der Waals surface area contributed by atoms with E-state index in [9.17, 15) is 22.8 Å². The lowest BCUT2D eigenvalue weighted by atomic mass is 10.1. The smallest absolute Gasteiger partial charge is 0.353 e. The van der Waals surface area contributed by atoms with Crippen LogP contribution in [-0.2, 0) is 15.8 Å². The molecule has 1 aromatic rings. The Balaban J connectivity index is 2.03. The molecule has 108 valence electrons. The van der Waals surface area contributed by atoms with Gasteiger partial charge in [-0.25, -0.2) is 0 Å². The Hall–Kier alpha value is -2.09. The highest BCUT2D eigenvalue weighted by atomic mass is 19.4. The molecular formula is C12H12F3N3O2. The molecule has 1 atom stereocenters. The van der Waals surface area contributed by atoms with Crippen LogP contribution < -0.4 is 16.0 Å². The first-order chi connectivity index (χ1) is 9.36. The van der Waals surface area contributed by atoms with Gasteiger partial charge in [0.2, 0.25) is 11.8 Å². The van der Waals surface area contributed by atoms with Crippen molar-refractivity contribution in [1.82, 2.24) is 10.6 Å². The average Bonchev–Trinajstić information content (AvgIpc) is 2.38. The minimum absolute atomic E-state index is 0.000672. The maximum atomic E-state index is 12.5. The minimum Gasteiger partial charge on any atom is -0.353 e. The SMILES string of the molecule is O=C1CNC(C(=O)Nc2cccc(C(F)(F)F)c2)CN1. The molecule has 1 aliphatic heterocycles. The number of rotatable bonds is 2. The molecule has 0 spiro atoms. The number of piperazine rings is 1. The van der Waals surface area contributed by atoms with Gasteiger partial charge in [-0.15, -0.1) is 0 Å². The fourth-order valence-corrected chi connectivity index (χ4v) is 1.75. The van der Waals surface area contributed by atoms with Gasteiger partial charge in [0.05, 0.1) is 12.1 Å². The van der Waals surface area contributed by atoms with Gasteiger partial charge >= 0.3 is 6.18 Å². The highest BCUT2D eigenvalue weighted by Gasteiger charge is 2.31. The van der Waals surface area contributed by atoms with E-state index in [4.69, 9.17) is 0 Å². The topological polar surface area (TPSA) is 70.2 Å². The molecule has 1 aromatic carbocycles. The molecule has 2 rings (SSSR count). The Labute approximate surface area is 112 Å². The summed E-state index contributed by atoms with van der Waals surface area (Å²) in [7, 11) is 0. The molecule has 8 heteroatoms. The standard InChI is InChI=1S/C12H12F3N3O2/c13-12(14,15)7-2-1-3-8(4-7)18-11(20)9-5-17-10(19)6-16-9/h1-4,9,16H,5-6H2,(H,17,19)(H,18,20). The van der Waals surface area contributed by atoms with Gasteiger partial charge in [0, 0.05) is 12.2 Å². The van der Waals surface area contributed by atoms with Crippen molar-refractivity contribution >= 4 is 17.5 Å². The molecule has 5 nitrogen and oxygen atoms in total. The lowest BCUT2D eigenvalue weighted by Crippen LogP contribution is -2.56. The molecule has 1 fully saturated rings. The van der Waals surface area contributed by atoms with Gasteiger partial charge in [-0.05, 0) is 18.2 Å². The summed E-state index contributed by atoms with van der Waals surface area (Å²) in [5.41, 5.74) is -0.774. The Morgan fingerprint density at radius 1 is 1.35 bits per heavy atom. The second-order valence-corrected chi connectivity index (χ2v) is 4.31. The van der Waals surface area contributed by atoms with E-state index in [1.807, 2.05) is 0 Å². The van der Waals surface area contributed by atoms with Crippen LogP contribution in [0.2, 0.25) is 0 Å². The number of amides is 2. The molecular weight excluding hydrogens is 275 g/mol. The lowest BCUT2D eigenvalue weighted by molar-refractivity contribution is -0.137. The van der Waals surface area contributed by atoms with Crippen LogP contribution in [0.3, 0.4) is 0 Å². The molecule has 1 heterocycles. The molecule has 0 bridgehead atoms. The van der Waals surface area contributed by atoms with Gasteiger partial charge in [-0.2, -0.15) is 13.2 Å². The van der Waals surface area contributed by atoms with Gasteiger partial charge in [0.1, 0.15) is 6.04 Å². The van der Waals surface area contributed by atoms with Crippen molar-refractivity contribution in [1.29, 1.82) is 0 Å². The first-order valence-electron chi connectivity index (χ1n) is 5.84. The highest BCUT2D eigenvalue weighted by molar-refractivity contribution is 5.96. The van der Waals surface area contributed by atoms with Crippen molar-refractivity contribution in [3.8, 4) is 0 Å². The van der Waals surface area contributed by atoms with E-state index in [2.05, 4.69) is 16.0 Å². The molecule has 1 unspecified atom stereocenters. The van der Waals surface area contributed by atoms with Crippen LogP contribution in [0.15, 0.2) is 24.3 Å². The minimum atomic E-state index is -4.46. The van der Waals surface area contributed by atoms with Gasteiger partial charge in [0.15, 0.2) is 0 Å². The van der Waals surface area contributed by atoms with Crippen molar-refractivity contribution in [2.75, 3.05) is 18.4 Å². The van der Waals surface area contributed by atoms with Crippen molar-refractivity contribution in [2.45, 2.75) is 12.2 Å². The van der Waals surface area contributed by atoms with Gasteiger partial charge in [-0.1, -0.05) is 6.07 Å². The van der Waals surface area contributed by atoms with Crippen molar-refractivity contribution in [2.24, 2.45) is 0 Å². The zero-order chi connectivity index (χ0) is 14.8. The number of hydrogen-bond acceptors (Lipinski definition) is 3. The van der Waals surface area contributed by atoms with Crippen LogP contribution in [0.5, 0.6) is 0 Å². The zero-order valence-electron chi connectivity index (χ0n) is 10.3. The van der Waals surface area contributed by atoms with Crippen LogP contribution in [-0.4, -0.2) is 30.9 Å². The number of carbonyl (C=O) groups is 2. The number of anilines is 1. The van der Waals surface area contributed by atoms with E-state index in [0.717, 1.165) is 12.1 Å². The Morgan fingerprint density at radius 3 is 2.70 bits per heavy atom. The summed E-state index contributed by atoms with van der Waals surface area (Å²) in [4.78, 5) is 22.7. The summed E-state index contributed by atoms with van der Waals surface area (Å²) in [6.45, 7) is 0.101. The number of alkyl halides is 3. The predicted molar refractivity (Wildman–Crippen MR) is 64.9 cm³/mol. The first-order valence-corrected chi connectivity index (χ1v) is 5.84. The molecule has 20 heavy (non-hydrogen) atoms.